The Morgan fingerprint density at radius 2 is 2.41 bits per heavy atom. The minimum atomic E-state index is -0.648. The summed E-state index contributed by atoms with van der Waals surface area (Å²) in [6, 6.07) is 1.18. The third-order valence-electron chi connectivity index (χ3n) is 2.62. The number of hydrogen-bond acceptors (Lipinski definition) is 3. The van der Waals surface area contributed by atoms with Crippen molar-refractivity contribution in [2.24, 2.45) is 0 Å². The number of hydrogen-bond donors (Lipinski definition) is 2. The van der Waals surface area contributed by atoms with Crippen LogP contribution in [-0.2, 0) is 4.79 Å². The lowest BCUT2D eigenvalue weighted by Gasteiger charge is -2.23. The minimum Gasteiger partial charge on any atom is -0.354 e. The molecular formula is C11H12FN3O2. The molecule has 5 nitrogen and oxygen atoms in total. The topological polar surface area (TPSA) is 71.1 Å². The monoisotopic (exact) mass is 237 g/mol. The highest BCUT2D eigenvalue weighted by atomic mass is 19.1. The molecule has 0 aliphatic carbocycles. The summed E-state index contributed by atoms with van der Waals surface area (Å²) in [7, 11) is 0. The van der Waals surface area contributed by atoms with E-state index in [1.54, 1.807) is 0 Å². The Kier molecular flexibility index (Phi) is 3.32. The Labute approximate surface area is 97.4 Å². The first-order valence-electron chi connectivity index (χ1n) is 5.34. The zero-order valence-corrected chi connectivity index (χ0v) is 9.07. The van der Waals surface area contributed by atoms with E-state index in [2.05, 4.69) is 15.6 Å². The second kappa shape index (κ2) is 4.90. The van der Waals surface area contributed by atoms with Gasteiger partial charge in [0.2, 0.25) is 5.91 Å². The van der Waals surface area contributed by atoms with E-state index in [1.807, 2.05) is 0 Å². The number of carbonyl (C=O) groups is 2. The van der Waals surface area contributed by atoms with Gasteiger partial charge in [-0.25, -0.2) is 4.39 Å². The standard InChI is InChI=1S/C11H12FN3O2/c12-9-6-13-4-3-8(9)11(17)15-7-1-2-10(16)14-5-7/h3-4,6-7H,1-2,5H2,(H,14,16)(H,15,17). The van der Waals surface area contributed by atoms with E-state index in [9.17, 15) is 14.0 Å². The Bertz CT molecular complexity index is 440. The lowest BCUT2D eigenvalue weighted by Crippen LogP contribution is -2.47. The zero-order chi connectivity index (χ0) is 12.3. The molecule has 1 aliphatic rings. The summed E-state index contributed by atoms with van der Waals surface area (Å²) in [5.41, 5.74) is -0.0306. The molecule has 1 unspecified atom stereocenters. The first-order chi connectivity index (χ1) is 8.16. The van der Waals surface area contributed by atoms with E-state index < -0.39 is 11.7 Å². The number of aromatic nitrogens is 1. The average molecular weight is 237 g/mol. The second-order valence-corrected chi connectivity index (χ2v) is 3.87. The van der Waals surface area contributed by atoms with E-state index in [4.69, 9.17) is 0 Å². The van der Waals surface area contributed by atoms with Gasteiger partial charge in [-0.2, -0.15) is 0 Å². The molecule has 1 saturated heterocycles. The summed E-state index contributed by atoms with van der Waals surface area (Å²) in [6.45, 7) is 0.386. The molecule has 1 aromatic heterocycles. The van der Waals surface area contributed by atoms with Gasteiger partial charge >= 0.3 is 0 Å². The summed E-state index contributed by atoms with van der Waals surface area (Å²) in [4.78, 5) is 26.2. The van der Waals surface area contributed by atoms with Crippen LogP contribution in [0.1, 0.15) is 23.2 Å². The summed E-state index contributed by atoms with van der Waals surface area (Å²) >= 11 is 0. The maximum Gasteiger partial charge on any atom is 0.254 e. The first-order valence-corrected chi connectivity index (χ1v) is 5.34. The summed E-state index contributed by atoms with van der Waals surface area (Å²) in [5.74, 6) is -1.15. The molecule has 0 spiro atoms. The number of nitrogens with zero attached hydrogens (tertiary/aromatic N) is 1. The van der Waals surface area contributed by atoms with Gasteiger partial charge in [-0.15, -0.1) is 0 Å². The zero-order valence-electron chi connectivity index (χ0n) is 9.07. The highest BCUT2D eigenvalue weighted by molar-refractivity contribution is 5.94. The van der Waals surface area contributed by atoms with Gasteiger partial charge in [0.15, 0.2) is 5.82 Å². The van der Waals surface area contributed by atoms with Gasteiger partial charge in [-0.1, -0.05) is 0 Å². The van der Waals surface area contributed by atoms with Crippen molar-refractivity contribution in [2.75, 3.05) is 6.54 Å². The molecule has 2 N–H and O–H groups in total. The number of amides is 2. The van der Waals surface area contributed by atoms with Gasteiger partial charge in [0.1, 0.15) is 0 Å². The van der Waals surface area contributed by atoms with Gasteiger partial charge in [0.25, 0.3) is 5.91 Å². The highest BCUT2D eigenvalue weighted by Gasteiger charge is 2.21. The predicted molar refractivity (Wildman–Crippen MR) is 57.7 cm³/mol. The Morgan fingerprint density at radius 1 is 1.59 bits per heavy atom. The lowest BCUT2D eigenvalue weighted by molar-refractivity contribution is -0.122. The number of nitrogens with one attached hydrogen (secondary N) is 2. The summed E-state index contributed by atoms with van der Waals surface area (Å²) in [6.07, 6.45) is 3.31. The van der Waals surface area contributed by atoms with Crippen molar-refractivity contribution in [1.29, 1.82) is 0 Å². The fraction of sp³-hybridized carbons (Fsp3) is 0.364. The highest BCUT2D eigenvalue weighted by Crippen LogP contribution is 2.07. The quantitative estimate of drug-likeness (QED) is 0.773. The van der Waals surface area contributed by atoms with Crippen molar-refractivity contribution in [1.82, 2.24) is 15.6 Å². The molecule has 6 heteroatoms. The summed E-state index contributed by atoms with van der Waals surface area (Å²) in [5, 5.41) is 5.32. The van der Waals surface area contributed by atoms with Gasteiger partial charge in [-0.3, -0.25) is 14.6 Å². The van der Waals surface area contributed by atoms with Crippen molar-refractivity contribution in [3.63, 3.8) is 0 Å². The molecule has 1 atom stereocenters. The van der Waals surface area contributed by atoms with Gasteiger partial charge < -0.3 is 10.6 Å². The van der Waals surface area contributed by atoms with Crippen LogP contribution in [-0.4, -0.2) is 29.4 Å². The smallest absolute Gasteiger partial charge is 0.254 e. The van der Waals surface area contributed by atoms with Crippen LogP contribution in [0, 0.1) is 5.82 Å². The van der Waals surface area contributed by atoms with Crippen LogP contribution in [0.15, 0.2) is 18.5 Å². The number of pyridine rings is 1. The molecule has 90 valence electrons. The van der Waals surface area contributed by atoms with E-state index in [0.717, 1.165) is 6.20 Å². The fourth-order valence-corrected chi connectivity index (χ4v) is 1.68. The first kappa shape index (κ1) is 11.5. The molecule has 1 aromatic rings. The Balaban J connectivity index is 1.98. The van der Waals surface area contributed by atoms with Crippen LogP contribution in [0.4, 0.5) is 4.39 Å². The third kappa shape index (κ3) is 2.77. The Hall–Kier alpha value is -1.98. The van der Waals surface area contributed by atoms with E-state index in [-0.39, 0.29) is 17.5 Å². The second-order valence-electron chi connectivity index (χ2n) is 3.87. The molecule has 0 saturated carbocycles. The van der Waals surface area contributed by atoms with Crippen molar-refractivity contribution >= 4 is 11.8 Å². The minimum absolute atomic E-state index is 0.0226. The predicted octanol–water partition coefficient (Wildman–Crippen LogP) is 0.229. The van der Waals surface area contributed by atoms with Crippen LogP contribution in [0.3, 0.4) is 0 Å². The molecule has 0 bridgehead atoms. The average Bonchev–Trinajstić information content (AvgIpc) is 2.32. The van der Waals surface area contributed by atoms with Gasteiger partial charge in [0.05, 0.1) is 11.8 Å². The molecule has 1 fully saturated rings. The van der Waals surface area contributed by atoms with Crippen molar-refractivity contribution in [3.8, 4) is 0 Å². The SMILES string of the molecule is O=C1CCC(NC(=O)c2ccncc2F)CN1. The third-order valence-corrected chi connectivity index (χ3v) is 2.62. The number of carbonyl (C=O) groups excluding carboxylic acids is 2. The molecular weight excluding hydrogens is 225 g/mol. The molecule has 2 amide bonds. The van der Waals surface area contributed by atoms with Crippen molar-refractivity contribution in [2.45, 2.75) is 18.9 Å². The molecule has 2 rings (SSSR count). The maximum absolute atomic E-state index is 13.3. The Morgan fingerprint density at radius 3 is 3.06 bits per heavy atom. The van der Waals surface area contributed by atoms with E-state index >= 15 is 0 Å². The summed E-state index contributed by atoms with van der Waals surface area (Å²) < 4.78 is 13.3. The van der Waals surface area contributed by atoms with Gasteiger partial charge in [0, 0.05) is 25.2 Å². The fourth-order valence-electron chi connectivity index (χ4n) is 1.68. The molecule has 0 aromatic carbocycles. The van der Waals surface area contributed by atoms with Crippen LogP contribution >= 0.6 is 0 Å². The van der Waals surface area contributed by atoms with Crippen molar-refractivity contribution < 1.29 is 14.0 Å². The molecule has 2 heterocycles. The van der Waals surface area contributed by atoms with Crippen LogP contribution in [0.25, 0.3) is 0 Å². The normalized spacial score (nSPS) is 19.6. The van der Waals surface area contributed by atoms with Crippen LogP contribution in [0.2, 0.25) is 0 Å². The molecule has 1 aliphatic heterocycles. The van der Waals surface area contributed by atoms with E-state index in [0.29, 0.717) is 19.4 Å². The maximum atomic E-state index is 13.3. The number of rotatable bonds is 2. The largest absolute Gasteiger partial charge is 0.354 e. The molecule has 0 radical (unpaired) electrons. The van der Waals surface area contributed by atoms with E-state index in [1.165, 1.54) is 12.3 Å². The number of halogens is 1. The number of piperidine rings is 1. The van der Waals surface area contributed by atoms with Crippen LogP contribution < -0.4 is 10.6 Å². The van der Waals surface area contributed by atoms with Crippen LogP contribution in [0.5, 0.6) is 0 Å². The lowest BCUT2D eigenvalue weighted by atomic mass is 10.1. The van der Waals surface area contributed by atoms with Gasteiger partial charge in [-0.05, 0) is 12.5 Å². The van der Waals surface area contributed by atoms with Crippen molar-refractivity contribution in [3.05, 3.63) is 29.8 Å². The molecule has 17 heavy (non-hydrogen) atoms.